The van der Waals surface area contributed by atoms with E-state index in [0.717, 1.165) is 11.3 Å². The van der Waals surface area contributed by atoms with Gasteiger partial charge >= 0.3 is 18.0 Å². The molecule has 192 valence electrons. The number of benzene rings is 1. The molecule has 0 radical (unpaired) electrons. The average molecular weight is 499 g/mol. The zero-order valence-electron chi connectivity index (χ0n) is 21.4. The van der Waals surface area contributed by atoms with E-state index in [1.165, 1.54) is 18.9 Å². The highest BCUT2D eigenvalue weighted by Gasteiger charge is 2.29. The van der Waals surface area contributed by atoms with Crippen LogP contribution in [0.15, 0.2) is 24.3 Å². The minimum Gasteiger partial charge on any atom is -0.497 e. The number of carbonyl (C=O) groups excluding carboxylic acids is 3. The van der Waals surface area contributed by atoms with Gasteiger partial charge in [-0.3, -0.25) is 10.1 Å². The van der Waals surface area contributed by atoms with Crippen LogP contribution in [-0.4, -0.2) is 67.0 Å². The summed E-state index contributed by atoms with van der Waals surface area (Å²) in [5.74, 6) is 0.250. The molecule has 0 fully saturated rings. The molecule has 0 aliphatic carbocycles. The normalized spacial score (nSPS) is 13.4. The van der Waals surface area contributed by atoms with Gasteiger partial charge in [0.25, 0.3) is 0 Å². The number of amides is 1. The van der Waals surface area contributed by atoms with Crippen molar-refractivity contribution in [1.82, 2.24) is 10.6 Å². The second-order valence-electron chi connectivity index (χ2n) is 9.57. The number of nitrogens with one attached hydrogen (secondary N) is 2. The number of alkyl carbamates (subject to hydrolysis) is 1. The van der Waals surface area contributed by atoms with Crippen LogP contribution < -0.4 is 15.4 Å². The molecule has 10 heteroatoms. The van der Waals surface area contributed by atoms with Crippen molar-refractivity contribution in [3.8, 4) is 5.75 Å². The van der Waals surface area contributed by atoms with E-state index < -0.39 is 41.3 Å². The maximum absolute atomic E-state index is 12.7. The fourth-order valence-electron chi connectivity index (χ4n) is 2.63. The van der Waals surface area contributed by atoms with Crippen LogP contribution in [0, 0.1) is 0 Å². The van der Waals surface area contributed by atoms with Gasteiger partial charge in [-0.25, -0.2) is 9.59 Å². The Labute approximate surface area is 206 Å². The number of rotatable bonds is 11. The maximum atomic E-state index is 12.7. The fraction of sp³-hybridized carbons (Fsp3) is 0.625. The van der Waals surface area contributed by atoms with Crippen LogP contribution in [0.1, 0.15) is 47.1 Å². The predicted octanol–water partition coefficient (Wildman–Crippen LogP) is 3.29. The van der Waals surface area contributed by atoms with Crippen LogP contribution in [-0.2, 0) is 30.3 Å². The molecule has 34 heavy (non-hydrogen) atoms. The first kappa shape index (κ1) is 29.6. The zero-order chi connectivity index (χ0) is 25.9. The summed E-state index contributed by atoms with van der Waals surface area (Å²) in [6.07, 6.45) is -0.717. The van der Waals surface area contributed by atoms with E-state index in [2.05, 4.69) is 10.6 Å². The summed E-state index contributed by atoms with van der Waals surface area (Å²) in [5.41, 5.74) is -0.459. The molecule has 0 aliphatic heterocycles. The summed E-state index contributed by atoms with van der Waals surface area (Å²) in [4.78, 5) is 37.2. The first-order valence-corrected chi connectivity index (χ1v) is 12.1. The highest BCUT2D eigenvalue weighted by atomic mass is 32.2. The standard InChI is InChI=1S/C24H38N2O7S/c1-23(2,3)32-21(28)19(26-22(29)33-24(4,5)6)15-34-14-18(20(27)31-8)25-13-16-9-11-17(30-7)12-10-16/h9-12,18-19,25H,13-15H2,1-8H3,(H,26,29)/t18-,19-/m0/s1. The highest BCUT2D eigenvalue weighted by molar-refractivity contribution is 7.99. The molecule has 0 unspecified atom stereocenters. The van der Waals surface area contributed by atoms with E-state index in [4.69, 9.17) is 18.9 Å². The Hall–Kier alpha value is -2.46. The highest BCUT2D eigenvalue weighted by Crippen LogP contribution is 2.15. The molecule has 0 saturated heterocycles. The van der Waals surface area contributed by atoms with Gasteiger partial charge in [-0.05, 0) is 59.2 Å². The summed E-state index contributed by atoms with van der Waals surface area (Å²) >= 11 is 1.31. The average Bonchev–Trinajstić information content (AvgIpc) is 2.72. The lowest BCUT2D eigenvalue weighted by atomic mass is 10.2. The molecule has 0 aromatic heterocycles. The first-order valence-electron chi connectivity index (χ1n) is 11.0. The summed E-state index contributed by atoms with van der Waals surface area (Å²) in [6.45, 7) is 10.9. The van der Waals surface area contributed by atoms with Gasteiger partial charge in [-0.2, -0.15) is 11.8 Å². The minimum absolute atomic E-state index is 0.186. The van der Waals surface area contributed by atoms with E-state index in [0.29, 0.717) is 12.3 Å². The predicted molar refractivity (Wildman–Crippen MR) is 132 cm³/mol. The molecular weight excluding hydrogens is 460 g/mol. The topological polar surface area (TPSA) is 112 Å². The second kappa shape index (κ2) is 13.4. The van der Waals surface area contributed by atoms with Crippen molar-refractivity contribution in [2.45, 2.75) is 71.4 Å². The van der Waals surface area contributed by atoms with E-state index in [1.807, 2.05) is 24.3 Å². The number of carbonyl (C=O) groups is 3. The third-order valence-electron chi connectivity index (χ3n) is 4.15. The molecule has 0 aliphatic rings. The van der Waals surface area contributed by atoms with Gasteiger partial charge in [-0.15, -0.1) is 0 Å². The van der Waals surface area contributed by atoms with Crippen LogP contribution in [0.2, 0.25) is 0 Å². The maximum Gasteiger partial charge on any atom is 0.408 e. The number of thioether (sulfide) groups is 1. The summed E-state index contributed by atoms with van der Waals surface area (Å²) < 4.78 is 20.8. The Morgan fingerprint density at radius 2 is 1.41 bits per heavy atom. The second-order valence-corrected chi connectivity index (χ2v) is 10.6. The lowest BCUT2D eigenvalue weighted by molar-refractivity contribution is -0.156. The number of hydrogen-bond donors (Lipinski definition) is 2. The van der Waals surface area contributed by atoms with Crippen LogP contribution in [0.3, 0.4) is 0 Å². The zero-order valence-corrected chi connectivity index (χ0v) is 22.2. The van der Waals surface area contributed by atoms with Crippen molar-refractivity contribution in [3.05, 3.63) is 29.8 Å². The Kier molecular flexibility index (Phi) is 11.7. The summed E-state index contributed by atoms with van der Waals surface area (Å²) in [5, 5.41) is 5.75. The van der Waals surface area contributed by atoms with Crippen LogP contribution in [0.4, 0.5) is 4.79 Å². The third kappa shape index (κ3) is 12.1. The summed E-state index contributed by atoms with van der Waals surface area (Å²) in [7, 11) is 2.92. The first-order chi connectivity index (χ1) is 15.7. The lowest BCUT2D eigenvalue weighted by Gasteiger charge is -2.26. The molecule has 0 saturated carbocycles. The van der Waals surface area contributed by atoms with E-state index >= 15 is 0 Å². The Bertz CT molecular complexity index is 801. The SMILES string of the molecule is COC(=O)[C@H](CSC[C@H](NC(=O)OC(C)(C)C)C(=O)OC(C)(C)C)NCc1ccc(OC)cc1. The number of ether oxygens (including phenoxy) is 4. The van der Waals surface area contributed by atoms with Gasteiger partial charge in [0.15, 0.2) is 0 Å². The molecule has 0 spiro atoms. The van der Waals surface area contributed by atoms with Gasteiger partial charge < -0.3 is 24.3 Å². The smallest absolute Gasteiger partial charge is 0.408 e. The van der Waals surface area contributed by atoms with Crippen LogP contribution in [0.25, 0.3) is 0 Å². The van der Waals surface area contributed by atoms with Gasteiger partial charge in [-0.1, -0.05) is 12.1 Å². The number of hydrogen-bond acceptors (Lipinski definition) is 9. The van der Waals surface area contributed by atoms with Crippen LogP contribution in [0.5, 0.6) is 5.75 Å². The van der Waals surface area contributed by atoms with Crippen molar-refractivity contribution in [1.29, 1.82) is 0 Å². The van der Waals surface area contributed by atoms with Crippen LogP contribution >= 0.6 is 11.8 Å². The molecule has 1 aromatic carbocycles. The molecule has 2 atom stereocenters. The Balaban J connectivity index is 2.77. The van der Waals surface area contributed by atoms with Crippen molar-refractivity contribution < 1.29 is 33.3 Å². The van der Waals surface area contributed by atoms with Crippen molar-refractivity contribution in [3.63, 3.8) is 0 Å². The quantitative estimate of drug-likeness (QED) is 0.350. The van der Waals surface area contributed by atoms with Crippen molar-refractivity contribution in [2.24, 2.45) is 0 Å². The van der Waals surface area contributed by atoms with E-state index in [9.17, 15) is 14.4 Å². The van der Waals surface area contributed by atoms with Gasteiger partial charge in [0.2, 0.25) is 0 Å². The van der Waals surface area contributed by atoms with Gasteiger partial charge in [0.1, 0.15) is 29.0 Å². The van der Waals surface area contributed by atoms with Crippen molar-refractivity contribution >= 4 is 29.8 Å². The molecule has 1 aromatic rings. The largest absolute Gasteiger partial charge is 0.497 e. The van der Waals surface area contributed by atoms with Gasteiger partial charge in [0.05, 0.1) is 14.2 Å². The van der Waals surface area contributed by atoms with E-state index in [1.54, 1.807) is 48.7 Å². The molecular formula is C24H38N2O7S. The Morgan fingerprint density at radius 1 is 0.853 bits per heavy atom. The molecule has 1 amide bonds. The molecule has 1 rings (SSSR count). The third-order valence-corrected chi connectivity index (χ3v) is 5.29. The van der Waals surface area contributed by atoms with Gasteiger partial charge in [0, 0.05) is 18.1 Å². The molecule has 2 N–H and O–H groups in total. The summed E-state index contributed by atoms with van der Waals surface area (Å²) in [6, 6.07) is 5.92. The van der Waals surface area contributed by atoms with Crippen molar-refractivity contribution in [2.75, 3.05) is 25.7 Å². The molecule has 9 nitrogen and oxygen atoms in total. The Morgan fingerprint density at radius 3 is 1.91 bits per heavy atom. The van der Waals surface area contributed by atoms with E-state index in [-0.39, 0.29) is 5.75 Å². The monoisotopic (exact) mass is 498 g/mol. The lowest BCUT2D eigenvalue weighted by Crippen LogP contribution is -2.48. The fourth-order valence-corrected chi connectivity index (χ4v) is 3.71. The number of methoxy groups -OCH3 is 2. The molecule has 0 bridgehead atoms. The molecule has 0 heterocycles. The number of esters is 2. The minimum atomic E-state index is -0.945.